The molecule has 1 aliphatic rings. The van der Waals surface area contributed by atoms with Crippen molar-refractivity contribution in [2.45, 2.75) is 6.36 Å². The molecule has 1 fully saturated rings. The molecule has 1 aliphatic heterocycles. The minimum atomic E-state index is -4.77. The topological polar surface area (TPSA) is 71.1 Å². The van der Waals surface area contributed by atoms with Gasteiger partial charge in [0.25, 0.3) is 5.91 Å². The van der Waals surface area contributed by atoms with Crippen LogP contribution in [0.1, 0.15) is 10.4 Å². The Morgan fingerprint density at radius 1 is 1.06 bits per heavy atom. The standard InChI is InChI=1S/C21H21ClF3N3O4/c1-31-18-7-2-14(22)12-17(18)20(30)28-10-8-27(9-11-28)13-19(29)26-15-3-5-16(6-4-15)32-21(23,24)25/h2-7,12H,8-11,13H2,1H3,(H,26,29). The Hall–Kier alpha value is -2.98. The minimum absolute atomic E-state index is 0.0866. The minimum Gasteiger partial charge on any atom is -0.496 e. The lowest BCUT2D eigenvalue weighted by Gasteiger charge is -2.34. The summed E-state index contributed by atoms with van der Waals surface area (Å²) in [5, 5.41) is 3.06. The van der Waals surface area contributed by atoms with Crippen molar-refractivity contribution in [1.82, 2.24) is 9.80 Å². The van der Waals surface area contributed by atoms with E-state index in [9.17, 15) is 22.8 Å². The molecule has 2 aromatic rings. The van der Waals surface area contributed by atoms with E-state index < -0.39 is 6.36 Å². The fraction of sp³-hybridized carbons (Fsp3) is 0.333. The third-order valence-electron chi connectivity index (χ3n) is 4.79. The summed E-state index contributed by atoms with van der Waals surface area (Å²) in [5.41, 5.74) is 0.732. The molecule has 1 heterocycles. The van der Waals surface area contributed by atoms with E-state index in [-0.39, 0.29) is 24.1 Å². The number of nitrogens with zero attached hydrogens (tertiary/aromatic N) is 2. The number of anilines is 1. The van der Waals surface area contributed by atoms with E-state index in [1.165, 1.54) is 19.2 Å². The maximum atomic E-state index is 12.8. The van der Waals surface area contributed by atoms with Crippen molar-refractivity contribution >= 4 is 29.1 Å². The number of piperazine rings is 1. The van der Waals surface area contributed by atoms with Gasteiger partial charge in [-0.25, -0.2) is 0 Å². The van der Waals surface area contributed by atoms with Gasteiger partial charge in [-0.3, -0.25) is 14.5 Å². The first-order valence-corrected chi connectivity index (χ1v) is 10.0. The van der Waals surface area contributed by atoms with Gasteiger partial charge in [0.1, 0.15) is 11.5 Å². The fourth-order valence-corrected chi connectivity index (χ4v) is 3.44. The number of rotatable bonds is 6. The second kappa shape index (κ2) is 10.1. The van der Waals surface area contributed by atoms with E-state index in [1.54, 1.807) is 23.1 Å². The molecule has 0 aliphatic carbocycles. The van der Waals surface area contributed by atoms with E-state index in [0.29, 0.717) is 48.2 Å². The second-order valence-electron chi connectivity index (χ2n) is 7.03. The molecule has 0 aromatic heterocycles. The lowest BCUT2D eigenvalue weighted by atomic mass is 10.1. The molecule has 3 rings (SSSR count). The molecule has 0 bridgehead atoms. The number of ether oxygens (including phenoxy) is 2. The Morgan fingerprint density at radius 2 is 1.72 bits per heavy atom. The molecule has 0 spiro atoms. The number of amides is 2. The SMILES string of the molecule is COc1ccc(Cl)cc1C(=O)N1CCN(CC(=O)Nc2ccc(OC(F)(F)F)cc2)CC1. The van der Waals surface area contributed by atoms with Crippen LogP contribution in [0.5, 0.6) is 11.5 Å². The predicted octanol–water partition coefficient (Wildman–Crippen LogP) is 3.64. The molecular weight excluding hydrogens is 451 g/mol. The third kappa shape index (κ3) is 6.51. The van der Waals surface area contributed by atoms with Gasteiger partial charge in [-0.15, -0.1) is 13.2 Å². The highest BCUT2D eigenvalue weighted by Crippen LogP contribution is 2.25. The summed E-state index contributed by atoms with van der Waals surface area (Å²) in [6.45, 7) is 1.90. The van der Waals surface area contributed by atoms with E-state index in [2.05, 4.69) is 10.1 Å². The molecule has 0 saturated carbocycles. The van der Waals surface area contributed by atoms with Crippen LogP contribution in [0.2, 0.25) is 5.02 Å². The van der Waals surface area contributed by atoms with Crippen LogP contribution in [0.25, 0.3) is 0 Å². The fourth-order valence-electron chi connectivity index (χ4n) is 3.27. The molecule has 32 heavy (non-hydrogen) atoms. The molecular formula is C21H21ClF3N3O4. The van der Waals surface area contributed by atoms with Gasteiger partial charge in [0.05, 0.1) is 19.2 Å². The predicted molar refractivity (Wildman–Crippen MR) is 112 cm³/mol. The van der Waals surface area contributed by atoms with Gasteiger partial charge in [0.15, 0.2) is 0 Å². The Bertz CT molecular complexity index is 962. The van der Waals surface area contributed by atoms with Gasteiger partial charge in [0.2, 0.25) is 5.91 Å². The van der Waals surface area contributed by atoms with Gasteiger partial charge >= 0.3 is 6.36 Å². The van der Waals surface area contributed by atoms with Gasteiger partial charge in [-0.2, -0.15) is 0 Å². The lowest BCUT2D eigenvalue weighted by Crippen LogP contribution is -2.50. The monoisotopic (exact) mass is 471 g/mol. The first-order valence-electron chi connectivity index (χ1n) is 9.65. The van der Waals surface area contributed by atoms with Crippen molar-refractivity contribution in [1.29, 1.82) is 0 Å². The molecule has 0 unspecified atom stereocenters. The van der Waals surface area contributed by atoms with Crippen LogP contribution in [0, 0.1) is 0 Å². The maximum absolute atomic E-state index is 12.8. The summed E-state index contributed by atoms with van der Waals surface area (Å²) in [5.74, 6) is -0.444. The number of halogens is 4. The Kier molecular flexibility index (Phi) is 7.47. The van der Waals surface area contributed by atoms with Crippen molar-refractivity contribution in [3.63, 3.8) is 0 Å². The Morgan fingerprint density at radius 3 is 2.31 bits per heavy atom. The number of alkyl halides is 3. The molecule has 11 heteroatoms. The summed E-state index contributed by atoms with van der Waals surface area (Å²) in [7, 11) is 1.48. The summed E-state index contributed by atoms with van der Waals surface area (Å²) < 4.78 is 45.7. The van der Waals surface area contributed by atoms with Gasteiger partial charge in [-0.05, 0) is 42.5 Å². The van der Waals surface area contributed by atoms with Crippen LogP contribution in [0.4, 0.5) is 18.9 Å². The zero-order valence-electron chi connectivity index (χ0n) is 17.1. The average Bonchev–Trinajstić information content (AvgIpc) is 2.74. The van der Waals surface area contributed by atoms with E-state index in [1.807, 2.05) is 4.90 Å². The summed E-state index contributed by atoms with van der Waals surface area (Å²) in [6.07, 6.45) is -4.77. The number of hydrogen-bond donors (Lipinski definition) is 1. The van der Waals surface area contributed by atoms with Gasteiger partial charge in [0, 0.05) is 36.9 Å². The highest BCUT2D eigenvalue weighted by Gasteiger charge is 2.31. The second-order valence-corrected chi connectivity index (χ2v) is 7.47. The quantitative estimate of drug-likeness (QED) is 0.696. The zero-order valence-corrected chi connectivity index (χ0v) is 17.9. The summed E-state index contributed by atoms with van der Waals surface area (Å²) in [4.78, 5) is 28.7. The first kappa shape index (κ1) is 23.7. The number of carbonyl (C=O) groups excluding carboxylic acids is 2. The van der Waals surface area contributed by atoms with Crippen LogP contribution >= 0.6 is 11.6 Å². The summed E-state index contributed by atoms with van der Waals surface area (Å²) >= 11 is 6.00. The van der Waals surface area contributed by atoms with E-state index >= 15 is 0 Å². The van der Waals surface area contributed by atoms with Crippen LogP contribution in [-0.2, 0) is 4.79 Å². The van der Waals surface area contributed by atoms with Crippen molar-refractivity contribution in [2.75, 3.05) is 45.2 Å². The van der Waals surface area contributed by atoms with Crippen LogP contribution in [-0.4, -0.2) is 67.8 Å². The Labute approximate surface area is 187 Å². The molecule has 7 nitrogen and oxygen atoms in total. The van der Waals surface area contributed by atoms with Gasteiger partial charge < -0.3 is 19.7 Å². The molecule has 2 aromatic carbocycles. The highest BCUT2D eigenvalue weighted by molar-refractivity contribution is 6.31. The average molecular weight is 472 g/mol. The summed E-state index contributed by atoms with van der Waals surface area (Å²) in [6, 6.07) is 9.74. The van der Waals surface area contributed by atoms with Crippen molar-refractivity contribution < 1.29 is 32.2 Å². The van der Waals surface area contributed by atoms with E-state index in [0.717, 1.165) is 12.1 Å². The molecule has 1 saturated heterocycles. The van der Waals surface area contributed by atoms with Crippen LogP contribution < -0.4 is 14.8 Å². The Balaban J connectivity index is 1.49. The normalized spacial score (nSPS) is 14.7. The number of hydrogen-bond acceptors (Lipinski definition) is 5. The first-order chi connectivity index (χ1) is 15.1. The highest BCUT2D eigenvalue weighted by atomic mass is 35.5. The molecule has 1 N–H and O–H groups in total. The number of methoxy groups -OCH3 is 1. The number of nitrogens with one attached hydrogen (secondary N) is 1. The van der Waals surface area contributed by atoms with Crippen LogP contribution in [0.3, 0.4) is 0 Å². The molecule has 0 radical (unpaired) electrons. The maximum Gasteiger partial charge on any atom is 0.573 e. The lowest BCUT2D eigenvalue weighted by molar-refractivity contribution is -0.274. The molecule has 0 atom stereocenters. The zero-order chi connectivity index (χ0) is 23.3. The van der Waals surface area contributed by atoms with Crippen molar-refractivity contribution in [2.24, 2.45) is 0 Å². The molecule has 2 amide bonds. The van der Waals surface area contributed by atoms with Crippen molar-refractivity contribution in [3.8, 4) is 11.5 Å². The third-order valence-corrected chi connectivity index (χ3v) is 5.03. The smallest absolute Gasteiger partial charge is 0.496 e. The number of benzene rings is 2. The van der Waals surface area contributed by atoms with Crippen molar-refractivity contribution in [3.05, 3.63) is 53.1 Å². The largest absolute Gasteiger partial charge is 0.573 e. The van der Waals surface area contributed by atoms with E-state index in [4.69, 9.17) is 16.3 Å². The number of carbonyl (C=O) groups is 2. The molecule has 172 valence electrons. The van der Waals surface area contributed by atoms with Gasteiger partial charge in [-0.1, -0.05) is 11.6 Å². The van der Waals surface area contributed by atoms with Crippen LogP contribution in [0.15, 0.2) is 42.5 Å².